The second-order valence-electron chi connectivity index (χ2n) is 6.43. The molecule has 0 fully saturated rings. The van der Waals surface area contributed by atoms with Crippen LogP contribution in [0.3, 0.4) is 0 Å². The van der Waals surface area contributed by atoms with E-state index in [9.17, 15) is 10.2 Å². The van der Waals surface area contributed by atoms with Gasteiger partial charge in [-0.25, -0.2) is 0 Å². The molecule has 1 atom stereocenters. The summed E-state index contributed by atoms with van der Waals surface area (Å²) in [6, 6.07) is 14.6. The van der Waals surface area contributed by atoms with Gasteiger partial charge >= 0.3 is 0 Å². The Bertz CT molecular complexity index is 725. The van der Waals surface area contributed by atoms with E-state index in [4.69, 9.17) is 9.47 Å². The number of aliphatic hydroxyl groups excluding tert-OH is 1. The van der Waals surface area contributed by atoms with Gasteiger partial charge in [0.15, 0.2) is 0 Å². The Morgan fingerprint density at radius 1 is 1.04 bits per heavy atom. The molecule has 1 aliphatic rings. The smallest absolute Gasteiger partial charge is 0.119 e. The van der Waals surface area contributed by atoms with E-state index in [1.165, 1.54) is 5.57 Å². The molecule has 0 unspecified atom stereocenters. The summed E-state index contributed by atoms with van der Waals surface area (Å²) in [6.07, 6.45) is 2.57. The fourth-order valence-corrected chi connectivity index (χ4v) is 3.03. The average Bonchev–Trinajstić information content (AvgIpc) is 2.68. The van der Waals surface area contributed by atoms with Crippen LogP contribution in [0.5, 0.6) is 17.2 Å². The second-order valence-corrected chi connectivity index (χ2v) is 6.43. The van der Waals surface area contributed by atoms with E-state index in [2.05, 4.69) is 11.0 Å². The van der Waals surface area contributed by atoms with Crippen molar-refractivity contribution < 1.29 is 19.7 Å². The fraction of sp³-hybridized carbons (Fsp3) is 0.333. The zero-order valence-electron chi connectivity index (χ0n) is 15.0. The number of benzene rings is 2. The summed E-state index contributed by atoms with van der Waals surface area (Å²) in [4.78, 5) is 2.21. The molecule has 1 aliphatic heterocycles. The lowest BCUT2D eigenvalue weighted by atomic mass is 9.99. The topological polar surface area (TPSA) is 62.2 Å². The van der Waals surface area contributed by atoms with Crippen LogP contribution in [0.2, 0.25) is 0 Å². The van der Waals surface area contributed by atoms with Gasteiger partial charge in [-0.15, -0.1) is 0 Å². The Labute approximate surface area is 154 Å². The quantitative estimate of drug-likeness (QED) is 0.800. The Hall–Kier alpha value is -2.50. The number of methoxy groups -OCH3 is 1. The first kappa shape index (κ1) is 18.3. The number of nitrogens with zero attached hydrogens (tertiary/aromatic N) is 1. The molecule has 3 rings (SSSR count). The molecule has 0 aliphatic carbocycles. The van der Waals surface area contributed by atoms with Gasteiger partial charge < -0.3 is 19.7 Å². The molecule has 26 heavy (non-hydrogen) atoms. The van der Waals surface area contributed by atoms with Crippen LogP contribution < -0.4 is 9.47 Å². The van der Waals surface area contributed by atoms with E-state index in [0.717, 1.165) is 36.6 Å². The van der Waals surface area contributed by atoms with Crippen molar-refractivity contribution in [3.63, 3.8) is 0 Å². The van der Waals surface area contributed by atoms with Gasteiger partial charge in [0.1, 0.15) is 30.0 Å². The number of hydrogen-bond acceptors (Lipinski definition) is 5. The van der Waals surface area contributed by atoms with Gasteiger partial charge in [0.2, 0.25) is 0 Å². The van der Waals surface area contributed by atoms with Gasteiger partial charge in [-0.2, -0.15) is 0 Å². The molecule has 2 N–H and O–H groups in total. The van der Waals surface area contributed by atoms with Crippen LogP contribution in [0.4, 0.5) is 0 Å². The molecule has 0 radical (unpaired) electrons. The Kier molecular flexibility index (Phi) is 6.15. The van der Waals surface area contributed by atoms with E-state index < -0.39 is 6.10 Å². The van der Waals surface area contributed by atoms with Crippen LogP contribution in [-0.4, -0.2) is 54.6 Å². The summed E-state index contributed by atoms with van der Waals surface area (Å²) in [5.41, 5.74) is 2.43. The van der Waals surface area contributed by atoms with Crippen LogP contribution in [0, 0.1) is 0 Å². The number of phenols is 1. The first-order chi connectivity index (χ1) is 12.6. The van der Waals surface area contributed by atoms with Crippen molar-refractivity contribution in [3.8, 4) is 17.2 Å². The number of aromatic hydroxyl groups is 1. The van der Waals surface area contributed by atoms with Crippen LogP contribution >= 0.6 is 0 Å². The van der Waals surface area contributed by atoms with Gasteiger partial charge in [-0.1, -0.05) is 18.2 Å². The molecule has 5 nitrogen and oxygen atoms in total. The number of hydrogen-bond donors (Lipinski definition) is 2. The van der Waals surface area contributed by atoms with E-state index in [1.54, 1.807) is 19.2 Å². The van der Waals surface area contributed by atoms with Crippen molar-refractivity contribution in [3.05, 3.63) is 60.2 Å². The van der Waals surface area contributed by atoms with Gasteiger partial charge in [0, 0.05) is 19.6 Å². The van der Waals surface area contributed by atoms with Crippen LogP contribution in [0.15, 0.2) is 54.6 Å². The lowest BCUT2D eigenvalue weighted by molar-refractivity contribution is 0.0717. The van der Waals surface area contributed by atoms with Crippen molar-refractivity contribution in [2.24, 2.45) is 0 Å². The molecule has 0 saturated carbocycles. The average molecular weight is 355 g/mol. The highest BCUT2D eigenvalue weighted by Gasteiger charge is 2.16. The van der Waals surface area contributed by atoms with Gasteiger partial charge in [-0.05, 0) is 54.0 Å². The molecule has 2 aromatic rings. The number of phenolic OH excluding ortho intramolecular Hbond substituents is 1. The maximum atomic E-state index is 10.2. The predicted octanol–water partition coefficient (Wildman–Crippen LogP) is 2.93. The third-order valence-corrected chi connectivity index (χ3v) is 4.50. The first-order valence-electron chi connectivity index (χ1n) is 8.80. The molecule has 1 heterocycles. The zero-order chi connectivity index (χ0) is 18.4. The lowest BCUT2D eigenvalue weighted by Crippen LogP contribution is -2.38. The molecule has 0 aromatic heterocycles. The summed E-state index contributed by atoms with van der Waals surface area (Å²) < 4.78 is 10.8. The standard InChI is InChI=1S/C21H25NO4/c1-25-20-6-8-21(9-7-20)26-15-19(24)14-22-12-10-17(11-13-22)16-2-4-18(23)5-3-16/h2-10,19,23-24H,11-15H2,1H3/t19-/m0/s1. The minimum atomic E-state index is -0.541. The molecule has 0 spiro atoms. The molecular formula is C21H25NO4. The highest BCUT2D eigenvalue weighted by molar-refractivity contribution is 5.67. The first-order valence-corrected chi connectivity index (χ1v) is 8.80. The van der Waals surface area contributed by atoms with Crippen molar-refractivity contribution in [2.45, 2.75) is 12.5 Å². The largest absolute Gasteiger partial charge is 0.508 e. The lowest BCUT2D eigenvalue weighted by Gasteiger charge is -2.28. The van der Waals surface area contributed by atoms with Gasteiger partial charge in [0.25, 0.3) is 0 Å². The highest BCUT2D eigenvalue weighted by Crippen LogP contribution is 2.24. The molecule has 0 amide bonds. The zero-order valence-corrected chi connectivity index (χ0v) is 15.0. The van der Waals surface area contributed by atoms with Crippen LogP contribution in [0.25, 0.3) is 5.57 Å². The Morgan fingerprint density at radius 2 is 1.73 bits per heavy atom. The Morgan fingerprint density at radius 3 is 2.35 bits per heavy atom. The molecule has 5 heteroatoms. The predicted molar refractivity (Wildman–Crippen MR) is 102 cm³/mol. The van der Waals surface area contributed by atoms with Crippen LogP contribution in [-0.2, 0) is 0 Å². The summed E-state index contributed by atoms with van der Waals surface area (Å²) in [6.45, 7) is 2.54. The Balaban J connectivity index is 1.45. The minimum Gasteiger partial charge on any atom is -0.508 e. The number of ether oxygens (including phenoxy) is 2. The summed E-state index contributed by atoms with van der Waals surface area (Å²) in [5, 5.41) is 19.6. The van der Waals surface area contributed by atoms with Crippen molar-refractivity contribution in [1.82, 2.24) is 4.90 Å². The monoisotopic (exact) mass is 355 g/mol. The minimum absolute atomic E-state index is 0.261. The van der Waals surface area contributed by atoms with E-state index in [-0.39, 0.29) is 12.4 Å². The van der Waals surface area contributed by atoms with Gasteiger partial charge in [0.05, 0.1) is 7.11 Å². The van der Waals surface area contributed by atoms with Crippen molar-refractivity contribution in [1.29, 1.82) is 0 Å². The number of rotatable bonds is 7. The third kappa shape index (κ3) is 5.00. The van der Waals surface area contributed by atoms with Crippen molar-refractivity contribution in [2.75, 3.05) is 33.4 Å². The molecule has 138 valence electrons. The SMILES string of the molecule is COc1ccc(OC[C@@H](O)CN2CC=C(c3ccc(O)cc3)CC2)cc1. The molecule has 0 bridgehead atoms. The maximum absolute atomic E-state index is 10.2. The maximum Gasteiger partial charge on any atom is 0.119 e. The van der Waals surface area contributed by atoms with Gasteiger partial charge in [-0.3, -0.25) is 4.90 Å². The fourth-order valence-electron chi connectivity index (χ4n) is 3.03. The third-order valence-electron chi connectivity index (χ3n) is 4.50. The molecule has 0 saturated heterocycles. The molecular weight excluding hydrogens is 330 g/mol. The van der Waals surface area contributed by atoms with E-state index >= 15 is 0 Å². The number of aliphatic hydroxyl groups is 1. The van der Waals surface area contributed by atoms with Crippen LogP contribution in [0.1, 0.15) is 12.0 Å². The summed E-state index contributed by atoms with van der Waals surface area (Å²) in [7, 11) is 1.62. The highest BCUT2D eigenvalue weighted by atomic mass is 16.5. The second kappa shape index (κ2) is 8.74. The normalized spacial score (nSPS) is 16.0. The summed E-state index contributed by atoms with van der Waals surface area (Å²) in [5.74, 6) is 1.78. The van der Waals surface area contributed by atoms with E-state index in [0.29, 0.717) is 6.54 Å². The molecule has 2 aromatic carbocycles. The van der Waals surface area contributed by atoms with E-state index in [1.807, 2.05) is 36.4 Å². The number of β-amino-alcohol motifs (C(OH)–C–C–N with tert-alkyl or cyclic N) is 1. The summed E-state index contributed by atoms with van der Waals surface area (Å²) >= 11 is 0. The van der Waals surface area contributed by atoms with Crippen molar-refractivity contribution >= 4 is 5.57 Å².